The van der Waals surface area contributed by atoms with Crippen molar-refractivity contribution >= 4 is 11.8 Å². The summed E-state index contributed by atoms with van der Waals surface area (Å²) in [5.41, 5.74) is 3.37. The summed E-state index contributed by atoms with van der Waals surface area (Å²) in [6.45, 7) is 2.56. The molecule has 0 unspecified atom stereocenters. The van der Waals surface area contributed by atoms with Gasteiger partial charge in [0.15, 0.2) is 0 Å². The van der Waals surface area contributed by atoms with Crippen LogP contribution < -0.4 is 5.32 Å². The van der Waals surface area contributed by atoms with Gasteiger partial charge in [0.1, 0.15) is 0 Å². The molecule has 0 saturated heterocycles. The van der Waals surface area contributed by atoms with E-state index < -0.39 is 0 Å². The molecule has 3 rings (SSSR count). The third kappa shape index (κ3) is 3.69. The lowest BCUT2D eigenvalue weighted by Gasteiger charge is -2.35. The number of fused-ring (bicyclic) bond motifs is 1. The van der Waals surface area contributed by atoms with Crippen molar-refractivity contribution in [2.45, 2.75) is 25.9 Å². The molecule has 1 heterocycles. The van der Waals surface area contributed by atoms with Crippen molar-refractivity contribution in [1.82, 2.24) is 10.2 Å². The molecular formula is C20H19N3O2. The number of hydrogen-bond donors (Lipinski definition) is 1. The zero-order chi connectivity index (χ0) is 17.8. The van der Waals surface area contributed by atoms with Crippen LogP contribution >= 0.6 is 0 Å². The number of benzene rings is 2. The Bertz CT molecular complexity index is 837. The molecule has 2 aromatic rings. The Hall–Kier alpha value is -3.13. The summed E-state index contributed by atoms with van der Waals surface area (Å²) in [4.78, 5) is 26.5. The highest BCUT2D eigenvalue weighted by Crippen LogP contribution is 2.22. The number of carbonyl (C=O) groups is 2. The van der Waals surface area contributed by atoms with E-state index in [-0.39, 0.29) is 24.4 Å². The van der Waals surface area contributed by atoms with Crippen LogP contribution in [-0.2, 0) is 17.8 Å². The number of nitrogens with zero attached hydrogens (tertiary/aromatic N) is 2. The van der Waals surface area contributed by atoms with E-state index in [0.717, 1.165) is 12.0 Å². The maximum atomic E-state index is 12.5. The highest BCUT2D eigenvalue weighted by atomic mass is 16.2. The number of hydrogen-bond acceptors (Lipinski definition) is 3. The van der Waals surface area contributed by atoms with Crippen LogP contribution in [-0.4, -0.2) is 29.3 Å². The third-order valence-corrected chi connectivity index (χ3v) is 4.50. The van der Waals surface area contributed by atoms with Crippen LogP contribution in [0.2, 0.25) is 0 Å². The minimum atomic E-state index is -0.317. The molecule has 5 heteroatoms. The number of nitrogens with one attached hydrogen (secondary N) is 1. The molecule has 1 atom stereocenters. The Morgan fingerprint density at radius 1 is 1.16 bits per heavy atom. The number of rotatable bonds is 3. The van der Waals surface area contributed by atoms with E-state index in [9.17, 15) is 9.59 Å². The molecule has 0 spiro atoms. The van der Waals surface area contributed by atoms with Gasteiger partial charge in [0.25, 0.3) is 5.91 Å². The summed E-state index contributed by atoms with van der Waals surface area (Å²) < 4.78 is 0. The van der Waals surface area contributed by atoms with Crippen LogP contribution in [0, 0.1) is 11.3 Å². The lowest BCUT2D eigenvalue weighted by molar-refractivity contribution is -0.133. The van der Waals surface area contributed by atoms with Crippen molar-refractivity contribution in [2.75, 3.05) is 6.54 Å². The molecule has 1 aliphatic rings. The SMILES string of the molecule is C[C@H]1Cc2ccccc2CN1C(=O)CNC(=O)c1ccc(C#N)cc1. The first-order chi connectivity index (χ1) is 12.1. The minimum absolute atomic E-state index is 0.0364. The van der Waals surface area contributed by atoms with Crippen molar-refractivity contribution in [3.8, 4) is 6.07 Å². The summed E-state index contributed by atoms with van der Waals surface area (Å²) >= 11 is 0. The second kappa shape index (κ2) is 7.18. The van der Waals surface area contributed by atoms with Gasteiger partial charge >= 0.3 is 0 Å². The van der Waals surface area contributed by atoms with Crippen molar-refractivity contribution in [3.05, 3.63) is 70.8 Å². The maximum absolute atomic E-state index is 12.5. The molecule has 0 aromatic heterocycles. The Kier molecular flexibility index (Phi) is 4.80. The second-order valence-corrected chi connectivity index (χ2v) is 6.22. The maximum Gasteiger partial charge on any atom is 0.251 e. The normalized spacial score (nSPS) is 15.8. The minimum Gasteiger partial charge on any atom is -0.343 e. The fraction of sp³-hybridized carbons (Fsp3) is 0.250. The average molecular weight is 333 g/mol. The molecule has 1 aliphatic heterocycles. The first kappa shape index (κ1) is 16.7. The van der Waals surface area contributed by atoms with E-state index in [1.807, 2.05) is 31.2 Å². The molecule has 0 fully saturated rings. The lowest BCUT2D eigenvalue weighted by Crippen LogP contribution is -2.47. The molecule has 0 aliphatic carbocycles. The number of carbonyl (C=O) groups excluding carboxylic acids is 2. The molecule has 5 nitrogen and oxygen atoms in total. The van der Waals surface area contributed by atoms with E-state index in [0.29, 0.717) is 17.7 Å². The Labute approximate surface area is 146 Å². The van der Waals surface area contributed by atoms with Crippen LogP contribution in [0.3, 0.4) is 0 Å². The molecule has 2 aromatic carbocycles. The molecule has 0 bridgehead atoms. The van der Waals surface area contributed by atoms with Gasteiger partial charge in [-0.15, -0.1) is 0 Å². The van der Waals surface area contributed by atoms with E-state index >= 15 is 0 Å². The largest absolute Gasteiger partial charge is 0.343 e. The second-order valence-electron chi connectivity index (χ2n) is 6.22. The fourth-order valence-corrected chi connectivity index (χ4v) is 3.07. The van der Waals surface area contributed by atoms with Crippen molar-refractivity contribution in [3.63, 3.8) is 0 Å². The van der Waals surface area contributed by atoms with Gasteiger partial charge in [-0.05, 0) is 48.7 Å². The van der Waals surface area contributed by atoms with E-state index in [1.54, 1.807) is 29.2 Å². The van der Waals surface area contributed by atoms with E-state index in [4.69, 9.17) is 5.26 Å². The van der Waals surface area contributed by atoms with E-state index in [2.05, 4.69) is 11.4 Å². The Morgan fingerprint density at radius 2 is 1.84 bits per heavy atom. The predicted octanol–water partition coefficient (Wildman–Crippen LogP) is 2.26. The van der Waals surface area contributed by atoms with Crippen LogP contribution in [0.5, 0.6) is 0 Å². The van der Waals surface area contributed by atoms with Gasteiger partial charge in [0.2, 0.25) is 5.91 Å². The van der Waals surface area contributed by atoms with Crippen LogP contribution in [0.15, 0.2) is 48.5 Å². The summed E-state index contributed by atoms with van der Waals surface area (Å²) in [7, 11) is 0. The molecular weight excluding hydrogens is 314 g/mol. The van der Waals surface area contributed by atoms with Gasteiger partial charge < -0.3 is 10.2 Å². The molecule has 25 heavy (non-hydrogen) atoms. The van der Waals surface area contributed by atoms with Gasteiger partial charge in [-0.2, -0.15) is 5.26 Å². The van der Waals surface area contributed by atoms with Crippen LogP contribution in [0.4, 0.5) is 0 Å². The van der Waals surface area contributed by atoms with Crippen molar-refractivity contribution < 1.29 is 9.59 Å². The van der Waals surface area contributed by atoms with E-state index in [1.165, 1.54) is 5.56 Å². The van der Waals surface area contributed by atoms with Crippen LogP contribution in [0.25, 0.3) is 0 Å². The summed E-state index contributed by atoms with van der Waals surface area (Å²) in [5, 5.41) is 11.4. The smallest absolute Gasteiger partial charge is 0.251 e. The first-order valence-electron chi connectivity index (χ1n) is 8.23. The van der Waals surface area contributed by atoms with Gasteiger partial charge in [0.05, 0.1) is 18.2 Å². The van der Waals surface area contributed by atoms with Crippen LogP contribution in [0.1, 0.15) is 34.0 Å². The monoisotopic (exact) mass is 333 g/mol. The number of nitriles is 1. The Morgan fingerprint density at radius 3 is 2.52 bits per heavy atom. The zero-order valence-electron chi connectivity index (χ0n) is 14.0. The highest BCUT2D eigenvalue weighted by Gasteiger charge is 2.26. The highest BCUT2D eigenvalue weighted by molar-refractivity contribution is 5.96. The predicted molar refractivity (Wildman–Crippen MR) is 93.6 cm³/mol. The quantitative estimate of drug-likeness (QED) is 0.936. The summed E-state index contributed by atoms with van der Waals surface area (Å²) in [6.07, 6.45) is 0.825. The average Bonchev–Trinajstić information content (AvgIpc) is 2.65. The topological polar surface area (TPSA) is 73.2 Å². The molecule has 0 radical (unpaired) electrons. The van der Waals surface area contributed by atoms with Gasteiger partial charge in [-0.25, -0.2) is 0 Å². The number of amides is 2. The van der Waals surface area contributed by atoms with Crippen molar-refractivity contribution in [1.29, 1.82) is 5.26 Å². The van der Waals surface area contributed by atoms with Crippen molar-refractivity contribution in [2.24, 2.45) is 0 Å². The molecule has 0 saturated carbocycles. The van der Waals surface area contributed by atoms with Gasteiger partial charge in [-0.1, -0.05) is 24.3 Å². The standard InChI is InChI=1S/C20H19N3O2/c1-14-10-17-4-2-3-5-18(17)13-23(14)19(24)12-22-20(25)16-8-6-15(11-21)7-9-16/h2-9,14H,10,12-13H2,1H3,(H,22,25)/t14-/m0/s1. The fourth-order valence-electron chi connectivity index (χ4n) is 3.07. The molecule has 1 N–H and O–H groups in total. The van der Waals surface area contributed by atoms with Gasteiger partial charge in [-0.3, -0.25) is 9.59 Å². The lowest BCUT2D eigenvalue weighted by atomic mass is 9.95. The zero-order valence-corrected chi connectivity index (χ0v) is 14.0. The third-order valence-electron chi connectivity index (χ3n) is 4.50. The first-order valence-corrected chi connectivity index (χ1v) is 8.23. The summed E-state index contributed by atoms with van der Waals surface area (Å²) in [6, 6.07) is 16.6. The Balaban J connectivity index is 1.60. The van der Waals surface area contributed by atoms with Gasteiger partial charge in [0, 0.05) is 18.2 Å². The summed E-state index contributed by atoms with van der Waals surface area (Å²) in [5.74, 6) is -0.410. The molecule has 2 amide bonds. The molecule has 126 valence electrons.